The Morgan fingerprint density at radius 3 is 2.65 bits per heavy atom. The first-order valence-electron chi connectivity index (χ1n) is 8.20. The van der Waals surface area contributed by atoms with Crippen molar-refractivity contribution in [2.75, 3.05) is 0 Å². The number of nitriles is 1. The Labute approximate surface area is 161 Å². The SMILES string of the molecule is N#Cc1nccnc1OC1CCC(NC(=O)c2cc(Cl)ccc2Cl)CC1. The van der Waals surface area contributed by atoms with Gasteiger partial charge in [0.25, 0.3) is 11.8 Å². The van der Waals surface area contributed by atoms with Crippen molar-refractivity contribution in [1.29, 1.82) is 5.26 Å². The van der Waals surface area contributed by atoms with Gasteiger partial charge in [0.1, 0.15) is 12.2 Å². The molecule has 6 nitrogen and oxygen atoms in total. The third-order valence-corrected chi connectivity index (χ3v) is 4.80. The smallest absolute Gasteiger partial charge is 0.253 e. The predicted octanol–water partition coefficient (Wildman–Crippen LogP) is 3.78. The number of hydrogen-bond donors (Lipinski definition) is 1. The van der Waals surface area contributed by atoms with E-state index in [9.17, 15) is 4.79 Å². The van der Waals surface area contributed by atoms with Gasteiger partial charge in [-0.1, -0.05) is 23.2 Å². The first kappa shape index (κ1) is 18.4. The van der Waals surface area contributed by atoms with E-state index in [1.165, 1.54) is 12.4 Å². The normalized spacial score (nSPS) is 19.4. The molecule has 1 heterocycles. The number of benzene rings is 1. The second kappa shape index (κ2) is 8.35. The molecule has 134 valence electrons. The fourth-order valence-electron chi connectivity index (χ4n) is 2.91. The van der Waals surface area contributed by atoms with E-state index in [2.05, 4.69) is 15.3 Å². The van der Waals surface area contributed by atoms with Crippen molar-refractivity contribution >= 4 is 29.1 Å². The van der Waals surface area contributed by atoms with Gasteiger partial charge < -0.3 is 10.1 Å². The minimum atomic E-state index is -0.234. The molecular formula is C18H16Cl2N4O2. The van der Waals surface area contributed by atoms with Gasteiger partial charge in [0.2, 0.25) is 5.69 Å². The van der Waals surface area contributed by atoms with Crippen LogP contribution in [0.5, 0.6) is 5.88 Å². The third kappa shape index (κ3) is 4.43. The Balaban J connectivity index is 1.55. The van der Waals surface area contributed by atoms with Crippen LogP contribution in [0.2, 0.25) is 10.0 Å². The van der Waals surface area contributed by atoms with Gasteiger partial charge in [0.15, 0.2) is 0 Å². The van der Waals surface area contributed by atoms with Crippen LogP contribution in [-0.2, 0) is 0 Å². The quantitative estimate of drug-likeness (QED) is 0.857. The molecule has 1 fully saturated rings. The van der Waals surface area contributed by atoms with Crippen LogP contribution in [0, 0.1) is 11.3 Å². The number of rotatable bonds is 4. The molecule has 0 spiro atoms. The molecule has 1 saturated carbocycles. The lowest BCUT2D eigenvalue weighted by molar-refractivity contribution is 0.0889. The Kier molecular flexibility index (Phi) is 5.92. The summed E-state index contributed by atoms with van der Waals surface area (Å²) in [6.45, 7) is 0. The number of carbonyl (C=O) groups is 1. The molecule has 1 aromatic heterocycles. The van der Waals surface area contributed by atoms with Crippen molar-refractivity contribution < 1.29 is 9.53 Å². The van der Waals surface area contributed by atoms with E-state index in [1.54, 1.807) is 18.2 Å². The molecule has 26 heavy (non-hydrogen) atoms. The van der Waals surface area contributed by atoms with Crippen LogP contribution in [0.4, 0.5) is 0 Å². The van der Waals surface area contributed by atoms with Crippen LogP contribution >= 0.6 is 23.2 Å². The topological polar surface area (TPSA) is 87.9 Å². The highest BCUT2D eigenvalue weighted by Crippen LogP contribution is 2.25. The second-order valence-electron chi connectivity index (χ2n) is 6.01. The zero-order valence-electron chi connectivity index (χ0n) is 13.8. The lowest BCUT2D eigenvalue weighted by Gasteiger charge is -2.29. The molecule has 1 aromatic carbocycles. The zero-order chi connectivity index (χ0) is 18.5. The summed E-state index contributed by atoms with van der Waals surface area (Å²) in [6.07, 6.45) is 5.91. The molecule has 8 heteroatoms. The van der Waals surface area contributed by atoms with Crippen molar-refractivity contribution in [2.24, 2.45) is 0 Å². The Hall–Kier alpha value is -2.36. The van der Waals surface area contributed by atoms with E-state index in [0.717, 1.165) is 25.7 Å². The van der Waals surface area contributed by atoms with Crippen molar-refractivity contribution in [1.82, 2.24) is 15.3 Å². The highest BCUT2D eigenvalue weighted by molar-refractivity contribution is 6.35. The largest absolute Gasteiger partial charge is 0.472 e. The number of aromatic nitrogens is 2. The average molecular weight is 391 g/mol. The van der Waals surface area contributed by atoms with Gasteiger partial charge in [-0.25, -0.2) is 9.97 Å². The summed E-state index contributed by atoms with van der Waals surface area (Å²) in [5, 5.41) is 12.9. The Bertz CT molecular complexity index is 845. The van der Waals surface area contributed by atoms with Gasteiger partial charge in [0, 0.05) is 23.5 Å². The van der Waals surface area contributed by atoms with E-state index in [4.69, 9.17) is 33.2 Å². The number of hydrogen-bond acceptors (Lipinski definition) is 5. The maximum atomic E-state index is 12.4. The summed E-state index contributed by atoms with van der Waals surface area (Å²) in [7, 11) is 0. The van der Waals surface area contributed by atoms with Gasteiger partial charge in [-0.3, -0.25) is 4.79 Å². The van der Waals surface area contributed by atoms with E-state index in [-0.39, 0.29) is 29.6 Å². The number of amides is 1. The lowest BCUT2D eigenvalue weighted by atomic mass is 9.92. The van der Waals surface area contributed by atoms with Gasteiger partial charge >= 0.3 is 0 Å². The van der Waals surface area contributed by atoms with E-state index < -0.39 is 0 Å². The molecule has 1 amide bonds. The minimum absolute atomic E-state index is 0.0368. The highest BCUT2D eigenvalue weighted by atomic mass is 35.5. The summed E-state index contributed by atoms with van der Waals surface area (Å²) < 4.78 is 5.80. The van der Waals surface area contributed by atoms with Crippen molar-refractivity contribution in [3.8, 4) is 11.9 Å². The molecule has 0 unspecified atom stereocenters. The van der Waals surface area contributed by atoms with Crippen LogP contribution < -0.4 is 10.1 Å². The molecule has 1 aliphatic rings. The van der Waals surface area contributed by atoms with Crippen molar-refractivity contribution in [3.63, 3.8) is 0 Å². The number of ether oxygens (including phenoxy) is 1. The lowest BCUT2D eigenvalue weighted by Crippen LogP contribution is -2.39. The van der Waals surface area contributed by atoms with Gasteiger partial charge in [-0.15, -0.1) is 0 Å². The number of halogens is 2. The maximum Gasteiger partial charge on any atom is 0.253 e. The standard InChI is InChI=1S/C18H16Cl2N4O2/c19-11-1-6-15(20)14(9-11)17(25)24-12-2-4-13(5-3-12)26-18-16(10-21)22-7-8-23-18/h1,6-9,12-13H,2-5H2,(H,24,25). The van der Waals surface area contributed by atoms with Crippen molar-refractivity contribution in [3.05, 3.63) is 51.9 Å². The molecule has 0 saturated heterocycles. The predicted molar refractivity (Wildman–Crippen MR) is 97.3 cm³/mol. The number of nitrogens with one attached hydrogen (secondary N) is 1. The van der Waals surface area contributed by atoms with Gasteiger partial charge in [-0.05, 0) is 43.9 Å². The van der Waals surface area contributed by atoms with Crippen LogP contribution in [0.1, 0.15) is 41.7 Å². The zero-order valence-corrected chi connectivity index (χ0v) is 15.3. The third-order valence-electron chi connectivity index (χ3n) is 4.23. The second-order valence-corrected chi connectivity index (χ2v) is 6.85. The number of nitrogens with zero attached hydrogens (tertiary/aromatic N) is 3. The Morgan fingerprint density at radius 1 is 1.19 bits per heavy atom. The maximum absolute atomic E-state index is 12.4. The van der Waals surface area contributed by atoms with Crippen LogP contribution in [0.25, 0.3) is 0 Å². The summed E-state index contributed by atoms with van der Waals surface area (Å²) in [6, 6.07) is 6.82. The average Bonchev–Trinajstić information content (AvgIpc) is 2.65. The van der Waals surface area contributed by atoms with Crippen LogP contribution in [0.15, 0.2) is 30.6 Å². The number of carbonyl (C=O) groups excluding carboxylic acids is 1. The molecule has 1 aliphatic carbocycles. The molecule has 0 aliphatic heterocycles. The molecular weight excluding hydrogens is 375 g/mol. The highest BCUT2D eigenvalue weighted by Gasteiger charge is 2.25. The van der Waals surface area contributed by atoms with E-state index in [1.807, 2.05) is 6.07 Å². The molecule has 3 rings (SSSR count). The summed E-state index contributed by atoms with van der Waals surface area (Å²) in [4.78, 5) is 20.4. The fraction of sp³-hybridized carbons (Fsp3) is 0.333. The van der Waals surface area contributed by atoms with E-state index >= 15 is 0 Å². The van der Waals surface area contributed by atoms with Gasteiger partial charge in [-0.2, -0.15) is 5.26 Å². The van der Waals surface area contributed by atoms with E-state index in [0.29, 0.717) is 15.6 Å². The summed E-state index contributed by atoms with van der Waals surface area (Å²) >= 11 is 12.0. The monoisotopic (exact) mass is 390 g/mol. The Morgan fingerprint density at radius 2 is 1.92 bits per heavy atom. The van der Waals surface area contributed by atoms with Crippen LogP contribution in [-0.4, -0.2) is 28.0 Å². The fourth-order valence-corrected chi connectivity index (χ4v) is 3.28. The van der Waals surface area contributed by atoms with Gasteiger partial charge in [0.05, 0.1) is 10.6 Å². The van der Waals surface area contributed by atoms with Crippen molar-refractivity contribution in [2.45, 2.75) is 37.8 Å². The molecule has 2 aromatic rings. The summed E-state index contributed by atoms with van der Waals surface area (Å²) in [5.74, 6) is 0.0238. The molecule has 0 bridgehead atoms. The molecule has 0 radical (unpaired) electrons. The first-order valence-corrected chi connectivity index (χ1v) is 8.96. The minimum Gasteiger partial charge on any atom is -0.472 e. The molecule has 1 N–H and O–H groups in total. The first-order chi connectivity index (χ1) is 12.6. The van der Waals surface area contributed by atoms with Crippen LogP contribution in [0.3, 0.4) is 0 Å². The molecule has 0 atom stereocenters. The summed E-state index contributed by atoms with van der Waals surface area (Å²) in [5.41, 5.74) is 0.550.